The number of anilines is 1. The van der Waals surface area contributed by atoms with Crippen molar-refractivity contribution in [2.45, 2.75) is 33.2 Å². The molecular formula is C14H16F2N2S. The maximum atomic E-state index is 13.8. The summed E-state index contributed by atoms with van der Waals surface area (Å²) in [6.07, 6.45) is 0. The van der Waals surface area contributed by atoms with Gasteiger partial charge in [0.25, 0.3) is 0 Å². The highest BCUT2D eigenvalue weighted by Crippen LogP contribution is 2.29. The van der Waals surface area contributed by atoms with E-state index in [0.717, 1.165) is 0 Å². The van der Waals surface area contributed by atoms with Gasteiger partial charge in [0.2, 0.25) is 0 Å². The molecule has 19 heavy (non-hydrogen) atoms. The summed E-state index contributed by atoms with van der Waals surface area (Å²) in [6, 6.07) is 2.39. The van der Waals surface area contributed by atoms with Crippen LogP contribution in [-0.4, -0.2) is 10.5 Å². The van der Waals surface area contributed by atoms with Crippen LogP contribution in [0.1, 0.15) is 26.3 Å². The zero-order valence-corrected chi connectivity index (χ0v) is 12.2. The summed E-state index contributed by atoms with van der Waals surface area (Å²) in [5, 5.41) is 5.63. The Morgan fingerprint density at radius 2 is 1.84 bits per heavy atom. The zero-order valence-electron chi connectivity index (χ0n) is 11.3. The van der Waals surface area contributed by atoms with Gasteiger partial charge < -0.3 is 5.32 Å². The molecule has 0 fully saturated rings. The lowest BCUT2D eigenvalue weighted by atomic mass is 10.1. The van der Waals surface area contributed by atoms with Crippen LogP contribution in [0.15, 0.2) is 17.5 Å². The quantitative estimate of drug-likeness (QED) is 0.870. The molecule has 0 saturated heterocycles. The van der Waals surface area contributed by atoms with Crippen LogP contribution in [0.2, 0.25) is 0 Å². The van der Waals surface area contributed by atoms with E-state index in [9.17, 15) is 8.78 Å². The number of aromatic nitrogens is 1. The van der Waals surface area contributed by atoms with Crippen molar-refractivity contribution in [2.75, 3.05) is 5.32 Å². The number of nitrogens with one attached hydrogen (secondary N) is 1. The summed E-state index contributed by atoms with van der Waals surface area (Å²) in [7, 11) is 0. The molecular weight excluding hydrogens is 266 g/mol. The van der Waals surface area contributed by atoms with Crippen molar-refractivity contribution in [2.24, 2.45) is 0 Å². The van der Waals surface area contributed by atoms with Crippen LogP contribution in [0.5, 0.6) is 0 Å². The van der Waals surface area contributed by atoms with Crippen molar-refractivity contribution in [3.8, 4) is 11.3 Å². The highest BCUT2D eigenvalue weighted by molar-refractivity contribution is 7.14. The standard InChI is InChI=1S/C14H16F2N2S/c1-8-5-11(16)9(6-10(8)15)12-7-19-13(17-12)18-14(2,3)4/h5-7H,1-4H3,(H,17,18). The number of nitrogens with zero attached hydrogens (tertiary/aromatic N) is 1. The average Bonchev–Trinajstić information content (AvgIpc) is 2.69. The molecule has 0 atom stereocenters. The molecule has 5 heteroatoms. The SMILES string of the molecule is Cc1cc(F)c(-c2csc(NC(C)(C)C)n2)cc1F. The zero-order chi connectivity index (χ0) is 14.2. The van der Waals surface area contributed by atoms with E-state index < -0.39 is 11.6 Å². The van der Waals surface area contributed by atoms with Crippen LogP contribution in [-0.2, 0) is 0 Å². The van der Waals surface area contributed by atoms with E-state index in [1.165, 1.54) is 30.4 Å². The molecule has 0 spiro atoms. The van der Waals surface area contributed by atoms with Crippen LogP contribution in [0.25, 0.3) is 11.3 Å². The maximum Gasteiger partial charge on any atom is 0.183 e. The lowest BCUT2D eigenvalue weighted by Crippen LogP contribution is -2.25. The van der Waals surface area contributed by atoms with Crippen molar-refractivity contribution in [3.05, 3.63) is 34.7 Å². The van der Waals surface area contributed by atoms with Crippen LogP contribution in [0.4, 0.5) is 13.9 Å². The van der Waals surface area contributed by atoms with E-state index in [1.807, 2.05) is 20.8 Å². The molecule has 0 unspecified atom stereocenters. The predicted molar refractivity (Wildman–Crippen MR) is 75.6 cm³/mol. The first kappa shape index (κ1) is 13.9. The van der Waals surface area contributed by atoms with Crippen LogP contribution < -0.4 is 5.32 Å². The van der Waals surface area contributed by atoms with Gasteiger partial charge in [0.15, 0.2) is 5.13 Å². The van der Waals surface area contributed by atoms with Gasteiger partial charge in [-0.15, -0.1) is 11.3 Å². The van der Waals surface area contributed by atoms with Gasteiger partial charge in [0.1, 0.15) is 11.6 Å². The summed E-state index contributed by atoms with van der Waals surface area (Å²) >= 11 is 1.38. The summed E-state index contributed by atoms with van der Waals surface area (Å²) in [6.45, 7) is 7.58. The van der Waals surface area contributed by atoms with Gasteiger partial charge in [0.05, 0.1) is 5.69 Å². The van der Waals surface area contributed by atoms with Gasteiger partial charge in [-0.2, -0.15) is 0 Å². The number of benzene rings is 1. The Bertz CT molecular complexity index is 600. The first-order valence-corrected chi connectivity index (χ1v) is 6.84. The molecule has 0 saturated carbocycles. The molecule has 1 aromatic carbocycles. The smallest absolute Gasteiger partial charge is 0.183 e. The monoisotopic (exact) mass is 282 g/mol. The summed E-state index contributed by atoms with van der Waals surface area (Å²) in [4.78, 5) is 4.30. The minimum atomic E-state index is -0.452. The maximum absolute atomic E-state index is 13.8. The molecule has 2 aromatic rings. The molecule has 0 aliphatic carbocycles. The Morgan fingerprint density at radius 3 is 2.47 bits per heavy atom. The fourth-order valence-electron chi connectivity index (χ4n) is 1.62. The van der Waals surface area contributed by atoms with E-state index in [2.05, 4.69) is 10.3 Å². The molecule has 0 aliphatic rings. The predicted octanol–water partition coefficient (Wildman–Crippen LogP) is 4.61. The molecule has 2 nitrogen and oxygen atoms in total. The lowest BCUT2D eigenvalue weighted by Gasteiger charge is -2.19. The number of halogens is 2. The highest BCUT2D eigenvalue weighted by atomic mass is 32.1. The van der Waals surface area contributed by atoms with E-state index in [-0.39, 0.29) is 11.1 Å². The van der Waals surface area contributed by atoms with Crippen LogP contribution in [0, 0.1) is 18.6 Å². The van der Waals surface area contributed by atoms with E-state index >= 15 is 0 Å². The minimum absolute atomic E-state index is 0.119. The van der Waals surface area contributed by atoms with E-state index in [0.29, 0.717) is 16.4 Å². The molecule has 1 N–H and O–H groups in total. The van der Waals surface area contributed by atoms with Gasteiger partial charge in [-0.3, -0.25) is 0 Å². The first-order valence-electron chi connectivity index (χ1n) is 5.96. The Hall–Kier alpha value is -1.49. The fourth-order valence-corrected chi connectivity index (χ4v) is 2.54. The molecule has 0 aliphatic heterocycles. The molecule has 1 heterocycles. The summed E-state index contributed by atoms with van der Waals surface area (Å²) < 4.78 is 27.4. The minimum Gasteiger partial charge on any atom is -0.357 e. The van der Waals surface area contributed by atoms with Gasteiger partial charge in [-0.05, 0) is 45.4 Å². The second kappa shape index (κ2) is 4.89. The molecule has 102 valence electrons. The van der Waals surface area contributed by atoms with E-state index in [4.69, 9.17) is 0 Å². The molecule has 1 aromatic heterocycles. The Morgan fingerprint density at radius 1 is 1.16 bits per heavy atom. The van der Waals surface area contributed by atoms with Crippen molar-refractivity contribution >= 4 is 16.5 Å². The Kier molecular flexibility index (Phi) is 3.58. The third-order valence-electron chi connectivity index (χ3n) is 2.51. The topological polar surface area (TPSA) is 24.9 Å². The summed E-state index contributed by atoms with van der Waals surface area (Å²) in [5.74, 6) is -0.874. The molecule has 0 radical (unpaired) electrons. The normalized spacial score (nSPS) is 11.7. The van der Waals surface area contributed by atoms with Gasteiger partial charge >= 0.3 is 0 Å². The van der Waals surface area contributed by atoms with Crippen molar-refractivity contribution in [1.82, 2.24) is 4.98 Å². The number of thiazole rings is 1. The number of rotatable bonds is 2. The Balaban J connectivity index is 2.36. The van der Waals surface area contributed by atoms with Crippen LogP contribution >= 0.6 is 11.3 Å². The Labute approximate surface area is 115 Å². The van der Waals surface area contributed by atoms with Gasteiger partial charge in [-0.1, -0.05) is 0 Å². The van der Waals surface area contributed by atoms with Crippen molar-refractivity contribution in [3.63, 3.8) is 0 Å². The third kappa shape index (κ3) is 3.29. The number of hydrogen-bond acceptors (Lipinski definition) is 3. The molecule has 0 bridgehead atoms. The summed E-state index contributed by atoms with van der Waals surface area (Å²) in [5.41, 5.74) is 0.825. The molecule has 2 rings (SSSR count). The van der Waals surface area contributed by atoms with Gasteiger partial charge in [0, 0.05) is 16.5 Å². The van der Waals surface area contributed by atoms with Crippen molar-refractivity contribution < 1.29 is 8.78 Å². The fraction of sp³-hybridized carbons (Fsp3) is 0.357. The second-order valence-corrected chi connectivity index (χ2v) is 6.35. The largest absolute Gasteiger partial charge is 0.357 e. The van der Waals surface area contributed by atoms with Crippen LogP contribution in [0.3, 0.4) is 0 Å². The molecule has 0 amide bonds. The number of hydrogen-bond donors (Lipinski definition) is 1. The second-order valence-electron chi connectivity index (χ2n) is 5.49. The highest BCUT2D eigenvalue weighted by Gasteiger charge is 2.15. The number of aryl methyl sites for hydroxylation is 1. The van der Waals surface area contributed by atoms with Crippen molar-refractivity contribution in [1.29, 1.82) is 0 Å². The van der Waals surface area contributed by atoms with E-state index in [1.54, 1.807) is 5.38 Å². The van der Waals surface area contributed by atoms with Gasteiger partial charge in [-0.25, -0.2) is 13.8 Å². The lowest BCUT2D eigenvalue weighted by molar-refractivity contribution is 0.595. The average molecular weight is 282 g/mol. The first-order chi connectivity index (χ1) is 8.76. The third-order valence-corrected chi connectivity index (χ3v) is 3.27.